The molecule has 1 aliphatic carbocycles. The molecule has 0 aromatic rings. The third-order valence-electron chi connectivity index (χ3n) is 3.24. The summed E-state index contributed by atoms with van der Waals surface area (Å²) in [4.78, 5) is 11.9. The van der Waals surface area contributed by atoms with Gasteiger partial charge in [-0.15, -0.1) is 11.8 Å². The summed E-state index contributed by atoms with van der Waals surface area (Å²) < 4.78 is 0. The van der Waals surface area contributed by atoms with Crippen LogP contribution in [0, 0.1) is 5.92 Å². The minimum atomic E-state index is 0.303. The predicted octanol–water partition coefficient (Wildman–Crippen LogP) is 1.35. The first-order valence-electron chi connectivity index (χ1n) is 5.97. The molecule has 0 spiro atoms. The molecule has 0 aromatic heterocycles. The third kappa shape index (κ3) is 3.47. The lowest BCUT2D eigenvalue weighted by Gasteiger charge is -2.20. The zero-order valence-electron chi connectivity index (χ0n) is 9.13. The van der Waals surface area contributed by atoms with Crippen LogP contribution in [0.3, 0.4) is 0 Å². The van der Waals surface area contributed by atoms with Crippen LogP contribution in [0.1, 0.15) is 32.1 Å². The van der Waals surface area contributed by atoms with Crippen molar-refractivity contribution in [3.8, 4) is 0 Å². The maximum Gasteiger partial charge on any atom is 0.145 e. The van der Waals surface area contributed by atoms with Gasteiger partial charge in [-0.2, -0.15) is 0 Å². The van der Waals surface area contributed by atoms with E-state index in [1.807, 2.05) is 0 Å². The first-order valence-corrected chi connectivity index (χ1v) is 7.02. The Bertz CT molecular complexity index is 211. The Morgan fingerprint density at radius 2 is 1.80 bits per heavy atom. The number of nitrogens with one attached hydrogen (secondary N) is 2. The molecule has 3 nitrogen and oxygen atoms in total. The maximum absolute atomic E-state index is 11.9. The van der Waals surface area contributed by atoms with Gasteiger partial charge in [-0.05, 0) is 12.8 Å². The number of Topliss-reactive ketones (excluding diaryl/α,β-unsaturated/α-hetero) is 1. The Balaban J connectivity index is 1.66. The summed E-state index contributed by atoms with van der Waals surface area (Å²) in [6, 6.07) is 0. The SMILES string of the molecule is O=C(CSC1NCCN1)C1CCCCC1. The van der Waals surface area contributed by atoms with Crippen LogP contribution in [-0.4, -0.2) is 30.1 Å². The van der Waals surface area contributed by atoms with Gasteiger partial charge in [0.1, 0.15) is 11.3 Å². The summed E-state index contributed by atoms with van der Waals surface area (Å²) in [5, 5.41) is 6.63. The molecule has 15 heavy (non-hydrogen) atoms. The van der Waals surface area contributed by atoms with E-state index in [0.717, 1.165) is 25.9 Å². The Hall–Kier alpha value is -0.0600. The average molecular weight is 228 g/mol. The highest BCUT2D eigenvalue weighted by molar-refractivity contribution is 8.00. The standard InChI is InChI=1S/C11H20N2OS/c14-10(9-4-2-1-3-5-9)8-15-11-12-6-7-13-11/h9,11-13H,1-8H2. The van der Waals surface area contributed by atoms with Crippen LogP contribution in [0.2, 0.25) is 0 Å². The van der Waals surface area contributed by atoms with E-state index >= 15 is 0 Å². The Labute approximate surface area is 95.8 Å². The molecule has 1 heterocycles. The lowest BCUT2D eigenvalue weighted by Crippen LogP contribution is -2.29. The van der Waals surface area contributed by atoms with Crippen molar-refractivity contribution in [2.75, 3.05) is 18.8 Å². The fourth-order valence-electron chi connectivity index (χ4n) is 2.30. The number of carbonyl (C=O) groups excluding carboxylic acids is 1. The van der Waals surface area contributed by atoms with Crippen LogP contribution in [0.15, 0.2) is 0 Å². The molecule has 0 radical (unpaired) electrons. The van der Waals surface area contributed by atoms with Crippen molar-refractivity contribution in [2.24, 2.45) is 5.92 Å². The zero-order valence-corrected chi connectivity index (χ0v) is 9.94. The van der Waals surface area contributed by atoms with Crippen molar-refractivity contribution >= 4 is 17.5 Å². The van der Waals surface area contributed by atoms with Gasteiger partial charge in [0.15, 0.2) is 0 Å². The monoisotopic (exact) mass is 228 g/mol. The normalized spacial score (nSPS) is 24.5. The molecule has 0 aromatic carbocycles. The molecule has 2 rings (SSSR count). The molecule has 0 bridgehead atoms. The fraction of sp³-hybridized carbons (Fsp3) is 0.909. The number of hydrogen-bond acceptors (Lipinski definition) is 4. The minimum absolute atomic E-state index is 0.303. The van der Waals surface area contributed by atoms with Gasteiger partial charge in [-0.3, -0.25) is 15.4 Å². The molecular formula is C11H20N2OS. The number of hydrogen-bond donors (Lipinski definition) is 2. The van der Waals surface area contributed by atoms with Gasteiger partial charge in [-0.25, -0.2) is 0 Å². The van der Waals surface area contributed by atoms with Gasteiger partial charge in [0.05, 0.1) is 5.75 Å². The lowest BCUT2D eigenvalue weighted by atomic mass is 9.87. The molecule has 2 fully saturated rings. The fourth-order valence-corrected chi connectivity index (χ4v) is 3.34. The van der Waals surface area contributed by atoms with Gasteiger partial charge in [0, 0.05) is 19.0 Å². The van der Waals surface area contributed by atoms with E-state index in [9.17, 15) is 4.79 Å². The summed E-state index contributed by atoms with van der Waals surface area (Å²) >= 11 is 1.71. The van der Waals surface area contributed by atoms with Crippen LogP contribution >= 0.6 is 11.8 Å². The van der Waals surface area contributed by atoms with E-state index in [0.29, 0.717) is 23.0 Å². The molecule has 0 unspecified atom stereocenters. The molecule has 0 atom stereocenters. The molecule has 1 saturated carbocycles. The predicted molar refractivity (Wildman–Crippen MR) is 63.8 cm³/mol. The van der Waals surface area contributed by atoms with Gasteiger partial charge < -0.3 is 0 Å². The topological polar surface area (TPSA) is 41.1 Å². The molecule has 0 amide bonds. The molecule has 1 aliphatic heterocycles. The first kappa shape index (κ1) is 11.4. The maximum atomic E-state index is 11.9. The summed E-state index contributed by atoms with van der Waals surface area (Å²) in [5.74, 6) is 1.51. The van der Waals surface area contributed by atoms with Crippen molar-refractivity contribution < 1.29 is 4.79 Å². The number of ketones is 1. The molecule has 2 N–H and O–H groups in total. The van der Waals surface area contributed by atoms with Crippen molar-refractivity contribution in [3.05, 3.63) is 0 Å². The van der Waals surface area contributed by atoms with Crippen molar-refractivity contribution in [3.63, 3.8) is 0 Å². The van der Waals surface area contributed by atoms with E-state index in [2.05, 4.69) is 10.6 Å². The van der Waals surface area contributed by atoms with E-state index < -0.39 is 0 Å². The van der Waals surface area contributed by atoms with E-state index in [1.165, 1.54) is 19.3 Å². The Morgan fingerprint density at radius 1 is 1.13 bits per heavy atom. The van der Waals surface area contributed by atoms with Crippen LogP contribution < -0.4 is 10.6 Å². The molecule has 4 heteroatoms. The van der Waals surface area contributed by atoms with E-state index in [4.69, 9.17) is 0 Å². The van der Waals surface area contributed by atoms with Crippen molar-refractivity contribution in [2.45, 2.75) is 37.6 Å². The second kappa shape index (κ2) is 5.87. The Morgan fingerprint density at radius 3 is 2.47 bits per heavy atom. The second-order valence-corrected chi connectivity index (χ2v) is 5.49. The van der Waals surface area contributed by atoms with Gasteiger partial charge in [0.25, 0.3) is 0 Å². The van der Waals surface area contributed by atoms with Gasteiger partial charge in [-0.1, -0.05) is 19.3 Å². The van der Waals surface area contributed by atoms with E-state index in [-0.39, 0.29) is 0 Å². The summed E-state index contributed by atoms with van der Waals surface area (Å²) in [6.07, 6.45) is 6.08. The highest BCUT2D eigenvalue weighted by Gasteiger charge is 2.22. The molecule has 86 valence electrons. The smallest absolute Gasteiger partial charge is 0.145 e. The summed E-state index contributed by atoms with van der Waals surface area (Å²) in [6.45, 7) is 2.05. The van der Waals surface area contributed by atoms with Crippen LogP contribution in [0.25, 0.3) is 0 Å². The molecule has 1 saturated heterocycles. The lowest BCUT2D eigenvalue weighted by molar-refractivity contribution is -0.121. The van der Waals surface area contributed by atoms with Gasteiger partial charge >= 0.3 is 0 Å². The van der Waals surface area contributed by atoms with Crippen LogP contribution in [0.4, 0.5) is 0 Å². The van der Waals surface area contributed by atoms with E-state index in [1.54, 1.807) is 11.8 Å². The number of rotatable bonds is 4. The quantitative estimate of drug-likeness (QED) is 0.762. The van der Waals surface area contributed by atoms with Crippen LogP contribution in [-0.2, 0) is 4.79 Å². The number of carbonyl (C=O) groups is 1. The summed E-state index contributed by atoms with van der Waals surface area (Å²) in [7, 11) is 0. The second-order valence-electron chi connectivity index (χ2n) is 4.40. The van der Waals surface area contributed by atoms with Crippen molar-refractivity contribution in [1.82, 2.24) is 10.6 Å². The third-order valence-corrected chi connectivity index (χ3v) is 4.36. The highest BCUT2D eigenvalue weighted by atomic mass is 32.2. The molecule has 2 aliphatic rings. The van der Waals surface area contributed by atoms with Gasteiger partial charge in [0.2, 0.25) is 0 Å². The van der Waals surface area contributed by atoms with Crippen LogP contribution in [0.5, 0.6) is 0 Å². The van der Waals surface area contributed by atoms with Crippen molar-refractivity contribution in [1.29, 1.82) is 0 Å². The summed E-state index contributed by atoms with van der Waals surface area (Å²) in [5.41, 5.74) is 0.303. The average Bonchev–Trinajstić information content (AvgIpc) is 2.80. The largest absolute Gasteiger partial charge is 0.298 e. The number of thioether (sulfide) groups is 1. The highest BCUT2D eigenvalue weighted by Crippen LogP contribution is 2.25. The zero-order chi connectivity index (χ0) is 10.5. The first-order chi connectivity index (χ1) is 7.36. The minimum Gasteiger partial charge on any atom is -0.298 e. The Kier molecular flexibility index (Phi) is 4.47. The molecular weight excluding hydrogens is 208 g/mol.